The summed E-state index contributed by atoms with van der Waals surface area (Å²) in [6.45, 7) is 20.4. The summed E-state index contributed by atoms with van der Waals surface area (Å²) >= 11 is 0. The first-order valence-electron chi connectivity index (χ1n) is 14.4. The molecule has 2 aromatic carbocycles. The molecule has 0 unspecified atom stereocenters. The van der Waals surface area contributed by atoms with Crippen LogP contribution in [0, 0.1) is 0 Å². The highest BCUT2D eigenvalue weighted by Crippen LogP contribution is 2.36. The predicted molar refractivity (Wildman–Crippen MR) is 183 cm³/mol. The monoisotopic (exact) mass is 557 g/mol. The Morgan fingerprint density at radius 3 is 1.93 bits per heavy atom. The summed E-state index contributed by atoms with van der Waals surface area (Å²) in [7, 11) is 0. The van der Waals surface area contributed by atoms with E-state index in [1.54, 1.807) is 6.92 Å². The zero-order valence-electron chi connectivity index (χ0n) is 25.3. The summed E-state index contributed by atoms with van der Waals surface area (Å²) in [5.74, 6) is 1.02. The molecule has 0 atom stereocenters. The standard InChI is InChI=1S/C34H41NO2.C2H6.2CH4/c1-8-11-30(12-9-2)37-34-19-18-29(21-32(34)33-22-35-33)31(13-10-3)25(6)23(4)20-24(5)27-14-16-28(17-15-27)26(7)36;1-2;;/h10,13-22,30,35H,3,8-9,11-12H2,1-2,4-7H3;1-2H3;2*1H4/b24-20+,25-23+,31-13+;;;. The van der Waals surface area contributed by atoms with E-state index in [9.17, 15) is 4.79 Å². The van der Waals surface area contributed by atoms with Gasteiger partial charge in [-0.3, -0.25) is 4.79 Å². The molecule has 0 aromatic heterocycles. The largest absolute Gasteiger partial charge is 0.490 e. The first-order chi connectivity index (χ1) is 18.8. The highest BCUT2D eigenvalue weighted by Gasteiger charge is 2.20. The van der Waals surface area contributed by atoms with Crippen LogP contribution in [0.15, 0.2) is 84.6 Å². The molecule has 2 aromatic rings. The van der Waals surface area contributed by atoms with E-state index in [2.05, 4.69) is 76.9 Å². The Morgan fingerprint density at radius 1 is 0.902 bits per heavy atom. The molecule has 0 bridgehead atoms. The predicted octanol–water partition coefficient (Wildman–Crippen LogP) is 11.4. The van der Waals surface area contributed by atoms with Crippen molar-refractivity contribution in [1.29, 1.82) is 0 Å². The van der Waals surface area contributed by atoms with E-state index in [-0.39, 0.29) is 26.7 Å². The van der Waals surface area contributed by atoms with E-state index in [1.165, 1.54) is 11.1 Å². The number of carbonyl (C=O) groups excluding carboxylic acids is 1. The summed E-state index contributed by atoms with van der Waals surface area (Å²) in [4.78, 5) is 11.6. The minimum Gasteiger partial charge on any atom is -0.490 e. The van der Waals surface area contributed by atoms with Crippen LogP contribution in [0.25, 0.3) is 16.8 Å². The lowest BCUT2D eigenvalue weighted by atomic mass is 9.92. The molecule has 0 radical (unpaired) electrons. The molecule has 1 aliphatic heterocycles. The van der Waals surface area contributed by atoms with E-state index in [0.29, 0.717) is 0 Å². The van der Waals surface area contributed by atoms with Crippen LogP contribution in [-0.2, 0) is 0 Å². The Balaban J connectivity index is 0.00000391. The number of hydrogen-bond donors (Lipinski definition) is 1. The summed E-state index contributed by atoms with van der Waals surface area (Å²) in [6, 6.07) is 14.3. The number of hydrogen-bond acceptors (Lipinski definition) is 3. The molecule has 1 heterocycles. The smallest absolute Gasteiger partial charge is 0.159 e. The zero-order chi connectivity index (χ0) is 28.9. The van der Waals surface area contributed by atoms with Crippen LogP contribution >= 0.6 is 0 Å². The maximum absolute atomic E-state index is 11.6. The molecule has 0 amide bonds. The third-order valence-electron chi connectivity index (χ3n) is 6.84. The number of carbonyl (C=O) groups is 1. The SMILES string of the molecule is C.C.C=C\C=C(/C(C)=C(C)/C=C(\C)c1ccc(C(C)=O)cc1)c1ccc(OC(CCC)CCC)c(C2=CN2)c1.CC. The number of ketones is 1. The van der Waals surface area contributed by atoms with Crippen LogP contribution < -0.4 is 10.1 Å². The van der Waals surface area contributed by atoms with Crippen molar-refractivity contribution in [2.24, 2.45) is 0 Å². The van der Waals surface area contributed by atoms with Crippen molar-refractivity contribution in [1.82, 2.24) is 5.32 Å². The van der Waals surface area contributed by atoms with Crippen molar-refractivity contribution in [3.05, 3.63) is 107 Å². The van der Waals surface area contributed by atoms with Gasteiger partial charge in [0, 0.05) is 17.3 Å². The number of Topliss-reactive ketones (excluding diaryl/α,β-unsaturated/α-hetero) is 1. The molecule has 41 heavy (non-hydrogen) atoms. The van der Waals surface area contributed by atoms with Crippen molar-refractivity contribution in [2.75, 3.05) is 0 Å². The maximum atomic E-state index is 11.6. The lowest BCUT2D eigenvalue weighted by Gasteiger charge is -2.21. The van der Waals surface area contributed by atoms with Crippen LogP contribution in [0.5, 0.6) is 5.75 Å². The minimum atomic E-state index is 0. The second-order valence-electron chi connectivity index (χ2n) is 9.82. The molecule has 224 valence electrons. The summed E-state index contributed by atoms with van der Waals surface area (Å²) < 4.78 is 6.49. The van der Waals surface area contributed by atoms with Gasteiger partial charge in [-0.1, -0.05) is 111 Å². The van der Waals surface area contributed by atoms with E-state index in [4.69, 9.17) is 4.74 Å². The van der Waals surface area contributed by atoms with Gasteiger partial charge in [-0.2, -0.15) is 0 Å². The summed E-state index contributed by atoms with van der Waals surface area (Å²) in [5, 5.41) is 3.26. The van der Waals surface area contributed by atoms with Gasteiger partial charge < -0.3 is 10.1 Å². The third kappa shape index (κ3) is 10.7. The lowest BCUT2D eigenvalue weighted by Crippen LogP contribution is -2.16. The molecule has 0 fully saturated rings. The second-order valence-corrected chi connectivity index (χ2v) is 9.82. The number of ether oxygens (including phenoxy) is 1. The van der Waals surface area contributed by atoms with Gasteiger partial charge in [-0.15, -0.1) is 0 Å². The number of rotatable bonds is 13. The van der Waals surface area contributed by atoms with Crippen molar-refractivity contribution < 1.29 is 9.53 Å². The van der Waals surface area contributed by atoms with Crippen molar-refractivity contribution in [3.8, 4) is 5.75 Å². The minimum absolute atomic E-state index is 0. The summed E-state index contributed by atoms with van der Waals surface area (Å²) in [5.41, 5.74) is 9.84. The molecule has 0 saturated heterocycles. The lowest BCUT2D eigenvalue weighted by molar-refractivity contribution is 0.101. The van der Waals surface area contributed by atoms with Gasteiger partial charge in [0.2, 0.25) is 0 Å². The Kier molecular flexibility index (Phi) is 17.1. The fraction of sp³-hybridized carbons (Fsp3) is 0.395. The van der Waals surface area contributed by atoms with Gasteiger partial charge in [0.15, 0.2) is 5.78 Å². The normalized spacial score (nSPS) is 12.9. The van der Waals surface area contributed by atoms with Gasteiger partial charge in [0.05, 0.1) is 11.8 Å². The first-order valence-corrected chi connectivity index (χ1v) is 14.4. The Labute approximate surface area is 251 Å². The van der Waals surface area contributed by atoms with E-state index >= 15 is 0 Å². The van der Waals surface area contributed by atoms with Crippen molar-refractivity contribution in [2.45, 2.75) is 102 Å². The average Bonchev–Trinajstić information content (AvgIpc) is 3.78. The third-order valence-corrected chi connectivity index (χ3v) is 6.84. The van der Waals surface area contributed by atoms with Crippen LogP contribution in [0.4, 0.5) is 0 Å². The van der Waals surface area contributed by atoms with E-state index in [1.807, 2.05) is 50.4 Å². The van der Waals surface area contributed by atoms with E-state index in [0.717, 1.165) is 70.5 Å². The molecular weight excluding hydrogens is 502 g/mol. The Morgan fingerprint density at radius 2 is 1.44 bits per heavy atom. The van der Waals surface area contributed by atoms with Crippen LogP contribution in [0.3, 0.4) is 0 Å². The van der Waals surface area contributed by atoms with Gasteiger partial charge in [-0.05, 0) is 86.1 Å². The molecular formula is C38H55NO2. The van der Waals surface area contributed by atoms with Crippen LogP contribution in [0.1, 0.15) is 123 Å². The van der Waals surface area contributed by atoms with Gasteiger partial charge in [-0.25, -0.2) is 0 Å². The van der Waals surface area contributed by atoms with Gasteiger partial charge in [0.1, 0.15) is 5.75 Å². The maximum Gasteiger partial charge on any atom is 0.159 e. The second kappa shape index (κ2) is 18.7. The molecule has 3 rings (SSSR count). The Bertz CT molecular complexity index is 1250. The fourth-order valence-electron chi connectivity index (χ4n) is 4.54. The molecule has 3 heteroatoms. The molecule has 0 saturated carbocycles. The van der Waals surface area contributed by atoms with Gasteiger partial charge >= 0.3 is 0 Å². The highest BCUT2D eigenvalue weighted by molar-refractivity contribution is 5.94. The number of nitrogens with one attached hydrogen (secondary N) is 1. The summed E-state index contributed by atoms with van der Waals surface area (Å²) in [6.07, 6.45) is 12.7. The Hall–Kier alpha value is -3.59. The molecule has 1 N–H and O–H groups in total. The topological polar surface area (TPSA) is 48.2 Å². The highest BCUT2D eigenvalue weighted by atomic mass is 16.5. The number of benzene rings is 2. The van der Waals surface area contributed by atoms with Crippen molar-refractivity contribution in [3.63, 3.8) is 0 Å². The van der Waals surface area contributed by atoms with Crippen LogP contribution in [0.2, 0.25) is 0 Å². The molecule has 0 aliphatic carbocycles. The molecule has 3 nitrogen and oxygen atoms in total. The van der Waals surface area contributed by atoms with Crippen LogP contribution in [-0.4, -0.2) is 11.9 Å². The fourth-order valence-corrected chi connectivity index (χ4v) is 4.54. The first kappa shape index (κ1) is 37.4. The molecule has 1 aliphatic rings. The quantitative estimate of drug-likeness (QED) is 0.197. The van der Waals surface area contributed by atoms with Gasteiger partial charge in [0.25, 0.3) is 0 Å². The average molecular weight is 558 g/mol. The van der Waals surface area contributed by atoms with E-state index < -0.39 is 0 Å². The molecule has 0 spiro atoms. The number of allylic oxidation sites excluding steroid dienone is 7. The van der Waals surface area contributed by atoms with Crippen molar-refractivity contribution >= 4 is 22.6 Å². The zero-order valence-corrected chi connectivity index (χ0v) is 25.3.